The van der Waals surface area contributed by atoms with E-state index in [0.717, 1.165) is 31.9 Å². The van der Waals surface area contributed by atoms with Gasteiger partial charge in [0.05, 0.1) is 10.0 Å². The standard InChI is InChI=1S/C14H15Cl2N3S/c1-2-17-13-10(15)7-11(16)14(18-13)19-5-3-12-9(8-19)4-6-20-12/h4,6-7H,2-3,5,8H2,1H3,(H,17,18). The highest BCUT2D eigenvalue weighted by molar-refractivity contribution is 7.10. The third-order valence-corrected chi connectivity index (χ3v) is 4.95. The summed E-state index contributed by atoms with van der Waals surface area (Å²) in [6.45, 7) is 4.60. The van der Waals surface area contributed by atoms with Gasteiger partial charge in [0.1, 0.15) is 11.6 Å². The number of rotatable bonds is 3. The van der Waals surface area contributed by atoms with E-state index in [1.807, 2.05) is 18.3 Å². The molecule has 6 heteroatoms. The number of halogens is 2. The van der Waals surface area contributed by atoms with Gasteiger partial charge >= 0.3 is 0 Å². The summed E-state index contributed by atoms with van der Waals surface area (Å²) in [6, 6.07) is 3.95. The van der Waals surface area contributed by atoms with Crippen LogP contribution in [0.25, 0.3) is 0 Å². The Morgan fingerprint density at radius 3 is 3.05 bits per heavy atom. The fourth-order valence-electron chi connectivity index (χ4n) is 2.40. The topological polar surface area (TPSA) is 28.2 Å². The van der Waals surface area contributed by atoms with Crippen LogP contribution in [0.15, 0.2) is 17.5 Å². The number of pyridine rings is 1. The van der Waals surface area contributed by atoms with Gasteiger partial charge in [-0.2, -0.15) is 0 Å². The molecule has 0 atom stereocenters. The average Bonchev–Trinajstić information content (AvgIpc) is 2.89. The molecule has 0 bridgehead atoms. The number of nitrogens with one attached hydrogen (secondary N) is 1. The second-order valence-corrected chi connectivity index (χ2v) is 6.51. The number of nitrogens with zero attached hydrogens (tertiary/aromatic N) is 2. The normalized spacial score (nSPS) is 14.2. The van der Waals surface area contributed by atoms with E-state index >= 15 is 0 Å². The molecule has 0 aliphatic carbocycles. The summed E-state index contributed by atoms with van der Waals surface area (Å²) in [7, 11) is 0. The van der Waals surface area contributed by atoms with Crippen molar-refractivity contribution < 1.29 is 0 Å². The molecule has 0 radical (unpaired) electrons. The van der Waals surface area contributed by atoms with Crippen molar-refractivity contribution in [3.8, 4) is 0 Å². The van der Waals surface area contributed by atoms with Gasteiger partial charge in [-0.05, 0) is 36.4 Å². The Kier molecular flexibility index (Phi) is 4.06. The molecule has 2 aromatic heterocycles. The first kappa shape index (κ1) is 14.0. The van der Waals surface area contributed by atoms with E-state index in [-0.39, 0.29) is 0 Å². The van der Waals surface area contributed by atoms with E-state index in [9.17, 15) is 0 Å². The first-order chi connectivity index (χ1) is 9.69. The maximum absolute atomic E-state index is 6.32. The van der Waals surface area contributed by atoms with Crippen molar-refractivity contribution in [2.24, 2.45) is 0 Å². The molecule has 3 heterocycles. The molecule has 1 aliphatic heterocycles. The molecule has 2 aromatic rings. The molecule has 3 nitrogen and oxygen atoms in total. The van der Waals surface area contributed by atoms with Crippen LogP contribution in [0, 0.1) is 0 Å². The van der Waals surface area contributed by atoms with Gasteiger partial charge in [-0.15, -0.1) is 11.3 Å². The Balaban J connectivity index is 1.92. The van der Waals surface area contributed by atoms with Gasteiger partial charge in [0.15, 0.2) is 0 Å². The first-order valence-electron chi connectivity index (χ1n) is 6.59. The zero-order valence-electron chi connectivity index (χ0n) is 11.1. The summed E-state index contributed by atoms with van der Waals surface area (Å²) >= 11 is 14.3. The van der Waals surface area contributed by atoms with Crippen LogP contribution in [0.4, 0.5) is 11.6 Å². The average molecular weight is 328 g/mol. The molecular formula is C14H15Cl2N3S. The molecule has 1 N–H and O–H groups in total. The molecule has 0 unspecified atom stereocenters. The van der Waals surface area contributed by atoms with E-state index in [4.69, 9.17) is 23.2 Å². The van der Waals surface area contributed by atoms with Crippen molar-refractivity contribution in [1.82, 2.24) is 4.98 Å². The third-order valence-electron chi connectivity index (χ3n) is 3.36. The van der Waals surface area contributed by atoms with E-state index in [1.54, 1.807) is 6.07 Å². The monoisotopic (exact) mass is 327 g/mol. The number of hydrogen-bond donors (Lipinski definition) is 1. The Bertz CT molecular complexity index is 627. The lowest BCUT2D eigenvalue weighted by atomic mass is 10.1. The Morgan fingerprint density at radius 2 is 2.25 bits per heavy atom. The molecular weight excluding hydrogens is 313 g/mol. The van der Waals surface area contributed by atoms with E-state index in [1.165, 1.54) is 10.4 Å². The minimum Gasteiger partial charge on any atom is -0.369 e. The van der Waals surface area contributed by atoms with Crippen LogP contribution in [0.3, 0.4) is 0 Å². The van der Waals surface area contributed by atoms with Gasteiger partial charge < -0.3 is 10.2 Å². The smallest absolute Gasteiger partial charge is 0.150 e. The SMILES string of the molecule is CCNc1nc(N2CCc3sccc3C2)c(Cl)cc1Cl. The predicted octanol–water partition coefficient (Wildman–Crippen LogP) is 4.44. The van der Waals surface area contributed by atoms with Gasteiger partial charge in [-0.25, -0.2) is 4.98 Å². The van der Waals surface area contributed by atoms with Crippen LogP contribution in [0.5, 0.6) is 0 Å². The van der Waals surface area contributed by atoms with Crippen LogP contribution >= 0.6 is 34.5 Å². The van der Waals surface area contributed by atoms with Crippen LogP contribution in [0.2, 0.25) is 10.0 Å². The highest BCUT2D eigenvalue weighted by atomic mass is 35.5. The van der Waals surface area contributed by atoms with Crippen molar-refractivity contribution >= 4 is 46.2 Å². The van der Waals surface area contributed by atoms with Gasteiger partial charge in [0.25, 0.3) is 0 Å². The summed E-state index contributed by atoms with van der Waals surface area (Å²) in [5.41, 5.74) is 1.37. The second kappa shape index (κ2) is 5.80. The zero-order valence-corrected chi connectivity index (χ0v) is 13.4. The van der Waals surface area contributed by atoms with Crippen molar-refractivity contribution in [3.63, 3.8) is 0 Å². The van der Waals surface area contributed by atoms with Gasteiger partial charge in [-0.3, -0.25) is 0 Å². The zero-order chi connectivity index (χ0) is 14.1. The van der Waals surface area contributed by atoms with Crippen LogP contribution in [0.1, 0.15) is 17.4 Å². The molecule has 0 saturated heterocycles. The molecule has 106 valence electrons. The molecule has 0 fully saturated rings. The Morgan fingerprint density at radius 1 is 1.40 bits per heavy atom. The lowest BCUT2D eigenvalue weighted by molar-refractivity contribution is 0.732. The minimum absolute atomic E-state index is 0.564. The van der Waals surface area contributed by atoms with Crippen molar-refractivity contribution in [2.75, 3.05) is 23.3 Å². The maximum atomic E-state index is 6.32. The number of fused-ring (bicyclic) bond motifs is 1. The molecule has 1 aliphatic rings. The van der Waals surface area contributed by atoms with Gasteiger partial charge in [-0.1, -0.05) is 23.2 Å². The Labute approximate surface area is 132 Å². The van der Waals surface area contributed by atoms with E-state index in [0.29, 0.717) is 15.9 Å². The lowest BCUT2D eigenvalue weighted by Gasteiger charge is -2.29. The van der Waals surface area contributed by atoms with Crippen LogP contribution in [-0.4, -0.2) is 18.1 Å². The largest absolute Gasteiger partial charge is 0.369 e. The summed E-state index contributed by atoms with van der Waals surface area (Å²) < 4.78 is 0. The van der Waals surface area contributed by atoms with Crippen molar-refractivity contribution in [2.45, 2.75) is 19.9 Å². The number of aromatic nitrogens is 1. The lowest BCUT2D eigenvalue weighted by Crippen LogP contribution is -2.30. The summed E-state index contributed by atoms with van der Waals surface area (Å²) in [5.74, 6) is 1.51. The van der Waals surface area contributed by atoms with Crippen molar-refractivity contribution in [1.29, 1.82) is 0 Å². The van der Waals surface area contributed by atoms with Gasteiger partial charge in [0.2, 0.25) is 0 Å². The molecule has 0 aromatic carbocycles. The second-order valence-electron chi connectivity index (χ2n) is 4.70. The first-order valence-corrected chi connectivity index (χ1v) is 8.22. The number of hydrogen-bond acceptors (Lipinski definition) is 4. The number of anilines is 2. The third kappa shape index (κ3) is 2.60. The quantitative estimate of drug-likeness (QED) is 0.902. The van der Waals surface area contributed by atoms with E-state index < -0.39 is 0 Å². The summed E-state index contributed by atoms with van der Waals surface area (Å²) in [4.78, 5) is 8.28. The van der Waals surface area contributed by atoms with E-state index in [2.05, 4.69) is 26.6 Å². The molecule has 20 heavy (non-hydrogen) atoms. The van der Waals surface area contributed by atoms with Crippen LogP contribution in [-0.2, 0) is 13.0 Å². The molecule has 0 saturated carbocycles. The van der Waals surface area contributed by atoms with Crippen molar-refractivity contribution in [3.05, 3.63) is 38.0 Å². The fraction of sp³-hybridized carbons (Fsp3) is 0.357. The molecule has 0 amide bonds. The van der Waals surface area contributed by atoms with Crippen LogP contribution < -0.4 is 10.2 Å². The summed E-state index contributed by atoms with van der Waals surface area (Å²) in [6.07, 6.45) is 1.05. The minimum atomic E-state index is 0.564. The summed E-state index contributed by atoms with van der Waals surface area (Å²) in [5, 5.41) is 6.49. The fourth-order valence-corrected chi connectivity index (χ4v) is 3.83. The predicted molar refractivity (Wildman–Crippen MR) is 87.5 cm³/mol. The van der Waals surface area contributed by atoms with Gasteiger partial charge in [0, 0.05) is 24.5 Å². The molecule has 0 spiro atoms. The maximum Gasteiger partial charge on any atom is 0.150 e. The highest BCUT2D eigenvalue weighted by Crippen LogP contribution is 2.34. The molecule has 3 rings (SSSR count). The Hall–Kier alpha value is -0.970. The highest BCUT2D eigenvalue weighted by Gasteiger charge is 2.21. The number of thiophene rings is 1.